The molecule has 0 amide bonds. The molecule has 1 aliphatic carbocycles. The normalized spacial score (nSPS) is 14.7. The van der Waals surface area contributed by atoms with E-state index in [4.69, 9.17) is 4.42 Å². The van der Waals surface area contributed by atoms with Crippen molar-refractivity contribution in [3.63, 3.8) is 0 Å². The lowest BCUT2D eigenvalue weighted by atomic mass is 9.59. The molecule has 3 aliphatic rings. The van der Waals surface area contributed by atoms with Crippen LogP contribution in [0.25, 0.3) is 55.3 Å². The Balaban J connectivity index is 0.933. The van der Waals surface area contributed by atoms with Crippen molar-refractivity contribution in [1.82, 2.24) is 0 Å². The van der Waals surface area contributed by atoms with Gasteiger partial charge in [-0.15, -0.1) is 0 Å². The zero-order valence-electron chi connectivity index (χ0n) is 40.7. The van der Waals surface area contributed by atoms with Gasteiger partial charge in [0, 0.05) is 33.1 Å². The summed E-state index contributed by atoms with van der Waals surface area (Å²) < 4.78 is 6.50. The zero-order valence-corrected chi connectivity index (χ0v) is 40.7. The quantitative estimate of drug-likeness (QED) is 0.175. The molecule has 1 aromatic heterocycles. The maximum atomic E-state index is 6.50. The van der Waals surface area contributed by atoms with Crippen LogP contribution < -0.4 is 9.80 Å². The lowest BCUT2D eigenvalue weighted by Crippen LogP contribution is -2.42. The van der Waals surface area contributed by atoms with Gasteiger partial charge < -0.3 is 14.2 Å². The molecule has 0 N–H and O–H groups in total. The van der Waals surface area contributed by atoms with E-state index in [-0.39, 0.29) is 10.8 Å². The van der Waals surface area contributed by atoms with Crippen LogP contribution in [0, 0.1) is 0 Å². The third-order valence-corrected chi connectivity index (χ3v) is 16.0. The van der Waals surface area contributed by atoms with Gasteiger partial charge >= 0.3 is 0 Å². The molecule has 0 bridgehead atoms. The second kappa shape index (κ2) is 15.1. The van der Waals surface area contributed by atoms with Gasteiger partial charge in [-0.3, -0.25) is 0 Å². The minimum atomic E-state index is -0.643. The Morgan fingerprint density at radius 2 is 0.845 bits per heavy atom. The molecule has 0 unspecified atom stereocenters. The molecule has 0 saturated heterocycles. The highest BCUT2D eigenvalue weighted by molar-refractivity contribution is 6.09. The highest BCUT2D eigenvalue weighted by atomic mass is 16.3. The van der Waals surface area contributed by atoms with E-state index >= 15 is 0 Å². The molecule has 3 heteroatoms. The average molecular weight is 913 g/mol. The molecule has 0 fully saturated rings. The number of rotatable bonds is 4. The van der Waals surface area contributed by atoms with Crippen LogP contribution in [0.4, 0.5) is 34.1 Å². The van der Waals surface area contributed by atoms with Crippen molar-refractivity contribution in [2.24, 2.45) is 0 Å². The molecule has 14 rings (SSSR count). The fraction of sp³-hybridized carbons (Fsp3) is 0.118. The van der Waals surface area contributed by atoms with Crippen LogP contribution >= 0.6 is 0 Å². The van der Waals surface area contributed by atoms with E-state index in [1.165, 1.54) is 83.9 Å². The van der Waals surface area contributed by atoms with Crippen molar-refractivity contribution in [2.45, 2.75) is 50.9 Å². The Hall–Kier alpha value is -8.40. The molecule has 0 atom stereocenters. The highest BCUT2D eigenvalue weighted by Crippen LogP contribution is 2.64. The summed E-state index contributed by atoms with van der Waals surface area (Å²) in [5.74, 6) is 0. The molecule has 340 valence electrons. The summed E-state index contributed by atoms with van der Waals surface area (Å²) in [6.45, 7) is 11.7. The Morgan fingerprint density at radius 3 is 1.46 bits per heavy atom. The standard InChI is InChI=1S/C68H52N2O/c1-66(2,3)45-36-41-62-58(42-45)68(57-27-11-14-30-61(57)70(62)47-37-32-43(33-38-47)48-20-16-22-52-50-18-6-8-24-54(50)67(4,5)64(48)52)55-25-9-12-28-59(55)69(60-29-13-10-26-56(60)68)46-39-34-44(35-40-46)49-21-17-23-53-51-19-7-15-31-63(51)71-65(49)53/h6-42H,1-5H3. The molecule has 3 nitrogen and oxygen atoms in total. The second-order valence-corrected chi connectivity index (χ2v) is 21.2. The fourth-order valence-electron chi connectivity index (χ4n) is 12.8. The van der Waals surface area contributed by atoms with Gasteiger partial charge in [0.2, 0.25) is 0 Å². The van der Waals surface area contributed by atoms with Gasteiger partial charge in [0.25, 0.3) is 0 Å². The summed E-state index contributed by atoms with van der Waals surface area (Å²) in [5, 5.41) is 2.27. The lowest BCUT2D eigenvalue weighted by molar-refractivity contribution is 0.586. The van der Waals surface area contributed by atoms with Crippen LogP contribution in [0.15, 0.2) is 229 Å². The Morgan fingerprint density at radius 1 is 0.380 bits per heavy atom. The molecular formula is C68H52N2O. The first-order valence-electron chi connectivity index (χ1n) is 25.0. The van der Waals surface area contributed by atoms with E-state index in [9.17, 15) is 0 Å². The first-order chi connectivity index (χ1) is 34.6. The number of hydrogen-bond acceptors (Lipinski definition) is 3. The van der Waals surface area contributed by atoms with E-state index in [1.54, 1.807) is 0 Å². The number of anilines is 6. The van der Waals surface area contributed by atoms with E-state index in [0.29, 0.717) is 0 Å². The molecule has 1 spiro atoms. The monoisotopic (exact) mass is 912 g/mol. The maximum Gasteiger partial charge on any atom is 0.143 e. The van der Waals surface area contributed by atoms with Crippen LogP contribution in [0.5, 0.6) is 0 Å². The van der Waals surface area contributed by atoms with Gasteiger partial charge in [-0.1, -0.05) is 204 Å². The summed E-state index contributed by atoms with van der Waals surface area (Å²) in [5.41, 5.74) is 24.5. The predicted octanol–water partition coefficient (Wildman–Crippen LogP) is 18.5. The van der Waals surface area contributed by atoms with Crippen LogP contribution in [0.3, 0.4) is 0 Å². The molecule has 0 saturated carbocycles. The number of para-hydroxylation sites is 5. The van der Waals surface area contributed by atoms with Gasteiger partial charge in [0.15, 0.2) is 0 Å². The molecule has 2 aliphatic heterocycles. The minimum absolute atomic E-state index is 0.0861. The fourth-order valence-corrected chi connectivity index (χ4v) is 12.8. The van der Waals surface area contributed by atoms with Gasteiger partial charge in [0.1, 0.15) is 11.2 Å². The van der Waals surface area contributed by atoms with Crippen molar-refractivity contribution in [2.75, 3.05) is 9.80 Å². The van der Waals surface area contributed by atoms with Crippen LogP contribution in [-0.2, 0) is 16.2 Å². The lowest BCUT2D eigenvalue weighted by Gasteiger charge is -2.51. The molecular weight excluding hydrogens is 861 g/mol. The maximum absolute atomic E-state index is 6.50. The Labute approximate surface area is 415 Å². The zero-order chi connectivity index (χ0) is 47.8. The SMILES string of the molecule is CC(C)(C)c1ccc2c(c1)C1(c3ccccc3N(c3ccc(-c4cccc5c4oc4ccccc45)cc3)c3ccccc31)c1ccccc1N2c1ccc(-c2cccc3c2C(C)(C)c2ccccc2-3)cc1. The van der Waals surface area contributed by atoms with Crippen molar-refractivity contribution in [3.05, 3.63) is 263 Å². The number of nitrogens with zero attached hydrogens (tertiary/aromatic N) is 2. The number of hydrogen-bond donors (Lipinski definition) is 0. The predicted molar refractivity (Wildman–Crippen MR) is 296 cm³/mol. The van der Waals surface area contributed by atoms with E-state index in [1.807, 2.05) is 6.07 Å². The first kappa shape index (κ1) is 41.6. The Bertz CT molecular complexity index is 3910. The van der Waals surface area contributed by atoms with Crippen molar-refractivity contribution < 1.29 is 4.42 Å². The average Bonchev–Trinajstić information content (AvgIpc) is 3.90. The van der Waals surface area contributed by atoms with E-state index in [2.05, 4.69) is 263 Å². The van der Waals surface area contributed by atoms with Gasteiger partial charge in [-0.2, -0.15) is 0 Å². The largest absolute Gasteiger partial charge is 0.455 e. The molecule has 0 radical (unpaired) electrons. The van der Waals surface area contributed by atoms with Crippen LogP contribution in [0.2, 0.25) is 0 Å². The summed E-state index contributed by atoms with van der Waals surface area (Å²) in [4.78, 5) is 4.99. The summed E-state index contributed by atoms with van der Waals surface area (Å²) in [6.07, 6.45) is 0. The van der Waals surface area contributed by atoms with Crippen LogP contribution in [0.1, 0.15) is 73.6 Å². The van der Waals surface area contributed by atoms with E-state index < -0.39 is 5.41 Å². The summed E-state index contributed by atoms with van der Waals surface area (Å²) in [6, 6.07) is 83.6. The van der Waals surface area contributed by atoms with Crippen molar-refractivity contribution >= 4 is 56.1 Å². The molecule has 71 heavy (non-hydrogen) atoms. The van der Waals surface area contributed by atoms with E-state index in [0.717, 1.165) is 44.4 Å². The Kier molecular flexibility index (Phi) is 8.81. The molecule has 3 heterocycles. The molecule has 10 aromatic carbocycles. The van der Waals surface area contributed by atoms with Crippen LogP contribution in [-0.4, -0.2) is 0 Å². The minimum Gasteiger partial charge on any atom is -0.455 e. The smallest absolute Gasteiger partial charge is 0.143 e. The van der Waals surface area contributed by atoms with Gasteiger partial charge in [-0.05, 0) is 127 Å². The summed E-state index contributed by atoms with van der Waals surface area (Å²) >= 11 is 0. The number of fused-ring (bicyclic) bond motifs is 14. The molecule has 11 aromatic rings. The topological polar surface area (TPSA) is 19.6 Å². The second-order valence-electron chi connectivity index (χ2n) is 21.2. The van der Waals surface area contributed by atoms with Crippen molar-refractivity contribution in [1.29, 1.82) is 0 Å². The van der Waals surface area contributed by atoms with Crippen molar-refractivity contribution in [3.8, 4) is 33.4 Å². The third-order valence-electron chi connectivity index (χ3n) is 16.0. The number of benzene rings is 10. The first-order valence-corrected chi connectivity index (χ1v) is 25.0. The summed E-state index contributed by atoms with van der Waals surface area (Å²) in [7, 11) is 0. The van der Waals surface area contributed by atoms with Gasteiger partial charge in [-0.25, -0.2) is 0 Å². The third kappa shape index (κ3) is 5.84. The highest BCUT2D eigenvalue weighted by Gasteiger charge is 2.52. The van der Waals surface area contributed by atoms with Gasteiger partial charge in [0.05, 0.1) is 28.2 Å². The number of furan rings is 1.